The second-order valence-corrected chi connectivity index (χ2v) is 10.8. The van der Waals surface area contributed by atoms with Gasteiger partial charge in [0.1, 0.15) is 0 Å². The minimum absolute atomic E-state index is 0.0515. The first-order valence-electron chi connectivity index (χ1n) is 12.0. The lowest BCUT2D eigenvalue weighted by atomic mass is 9.46. The average Bonchev–Trinajstić information content (AvgIpc) is 2.71. The van der Waals surface area contributed by atoms with Gasteiger partial charge in [-0.1, -0.05) is 57.6 Å². The molecule has 1 amide bonds. The largest absolute Gasteiger partial charge is 0.393 e. The first kappa shape index (κ1) is 23.8. The maximum Gasteiger partial charge on any atom is 0.248 e. The van der Waals surface area contributed by atoms with Gasteiger partial charge in [0, 0.05) is 11.8 Å². The quantitative estimate of drug-likeness (QED) is 0.396. The highest BCUT2D eigenvalue weighted by molar-refractivity contribution is 5.99. The summed E-state index contributed by atoms with van der Waals surface area (Å²) in [5.41, 5.74) is 4.70. The number of aryl methyl sites for hydroxylation is 1. The van der Waals surface area contributed by atoms with E-state index in [4.69, 9.17) is 0 Å². The molecule has 3 rings (SSSR count). The van der Waals surface area contributed by atoms with Crippen LogP contribution < -0.4 is 5.32 Å². The fraction of sp³-hybridized carbons (Fsp3) is 0.607. The number of hydrogen-bond acceptors (Lipinski definition) is 2. The molecule has 2 aliphatic carbocycles. The van der Waals surface area contributed by atoms with Crippen LogP contribution in [0.5, 0.6) is 0 Å². The lowest BCUT2D eigenvalue weighted by molar-refractivity contribution is -0.124. The second-order valence-electron chi connectivity index (χ2n) is 10.8. The normalized spacial score (nSPS) is 30.6. The van der Waals surface area contributed by atoms with Crippen LogP contribution >= 0.6 is 0 Å². The van der Waals surface area contributed by atoms with E-state index in [9.17, 15) is 9.90 Å². The fourth-order valence-electron chi connectivity index (χ4n) is 6.37. The number of rotatable bonds is 6. The molecule has 2 aliphatic rings. The summed E-state index contributed by atoms with van der Waals surface area (Å²) in [7, 11) is 0. The standard InChI is InChI=1S/C28H41NO2/c1-7-21-10-12-22(13-11-21)29-26(31)18-19(2)8-14-23-20(3)9-15-24-27(4,5)25(30)16-17-28(23,24)6/h10-13,18,23-25,30H,3,7-9,14-17H2,1-2,4-6H3,(H,29,31)/b19-18+/t23-,24-,25-,28+/m1/s1. The van der Waals surface area contributed by atoms with Gasteiger partial charge in [0.25, 0.3) is 0 Å². The van der Waals surface area contributed by atoms with E-state index < -0.39 is 0 Å². The third-order valence-corrected chi connectivity index (χ3v) is 8.39. The predicted octanol–water partition coefficient (Wildman–Crippen LogP) is 6.68. The molecule has 3 nitrogen and oxygen atoms in total. The molecule has 0 radical (unpaired) electrons. The molecule has 2 fully saturated rings. The summed E-state index contributed by atoms with van der Waals surface area (Å²) >= 11 is 0. The van der Waals surface area contributed by atoms with Gasteiger partial charge >= 0.3 is 0 Å². The lowest BCUT2D eigenvalue weighted by Crippen LogP contribution is -2.54. The average molecular weight is 424 g/mol. The Labute approximate surface area is 189 Å². The Balaban J connectivity index is 1.64. The van der Waals surface area contributed by atoms with Crippen LogP contribution in [0.15, 0.2) is 48.1 Å². The number of allylic oxidation sites excluding steroid dienone is 2. The third kappa shape index (κ3) is 4.98. The molecule has 2 saturated carbocycles. The number of aliphatic hydroxyl groups excluding tert-OH is 1. The van der Waals surface area contributed by atoms with Crippen molar-refractivity contribution < 1.29 is 9.90 Å². The van der Waals surface area contributed by atoms with Crippen molar-refractivity contribution in [3.05, 3.63) is 53.6 Å². The van der Waals surface area contributed by atoms with E-state index in [1.807, 2.05) is 12.1 Å². The highest BCUT2D eigenvalue weighted by Crippen LogP contribution is 2.61. The predicted molar refractivity (Wildman–Crippen MR) is 130 cm³/mol. The molecule has 0 bridgehead atoms. The molecular weight excluding hydrogens is 382 g/mol. The van der Waals surface area contributed by atoms with Gasteiger partial charge in [-0.15, -0.1) is 0 Å². The van der Waals surface area contributed by atoms with E-state index >= 15 is 0 Å². The number of anilines is 1. The van der Waals surface area contributed by atoms with Gasteiger partial charge in [-0.2, -0.15) is 0 Å². The molecule has 2 N–H and O–H groups in total. The van der Waals surface area contributed by atoms with Crippen molar-refractivity contribution in [3.8, 4) is 0 Å². The molecule has 0 aliphatic heterocycles. The van der Waals surface area contributed by atoms with E-state index in [0.29, 0.717) is 11.8 Å². The van der Waals surface area contributed by atoms with E-state index in [0.717, 1.165) is 56.2 Å². The number of carbonyl (C=O) groups is 1. The van der Waals surface area contributed by atoms with Gasteiger partial charge in [-0.05, 0) is 92.2 Å². The third-order valence-electron chi connectivity index (χ3n) is 8.39. The molecule has 0 saturated heterocycles. The van der Waals surface area contributed by atoms with Crippen LogP contribution in [0.25, 0.3) is 0 Å². The van der Waals surface area contributed by atoms with E-state index in [1.54, 1.807) is 6.08 Å². The maximum atomic E-state index is 12.5. The molecule has 0 aromatic heterocycles. The van der Waals surface area contributed by atoms with Crippen molar-refractivity contribution in [1.82, 2.24) is 0 Å². The van der Waals surface area contributed by atoms with Gasteiger partial charge in [-0.25, -0.2) is 0 Å². The van der Waals surface area contributed by atoms with Crippen LogP contribution in [0.2, 0.25) is 0 Å². The Morgan fingerprint density at radius 1 is 1.23 bits per heavy atom. The Morgan fingerprint density at radius 2 is 1.90 bits per heavy atom. The topological polar surface area (TPSA) is 49.3 Å². The van der Waals surface area contributed by atoms with Crippen molar-refractivity contribution in [2.45, 2.75) is 85.7 Å². The first-order chi connectivity index (χ1) is 14.6. The van der Waals surface area contributed by atoms with Crippen LogP contribution in [0.4, 0.5) is 5.69 Å². The highest BCUT2D eigenvalue weighted by atomic mass is 16.3. The van der Waals surface area contributed by atoms with Crippen molar-refractivity contribution in [2.24, 2.45) is 22.7 Å². The molecular formula is C28H41NO2. The number of nitrogens with one attached hydrogen (secondary N) is 1. The smallest absolute Gasteiger partial charge is 0.248 e. The van der Waals surface area contributed by atoms with Crippen LogP contribution in [-0.2, 0) is 11.2 Å². The van der Waals surface area contributed by atoms with Crippen LogP contribution in [0, 0.1) is 22.7 Å². The minimum Gasteiger partial charge on any atom is -0.393 e. The van der Waals surface area contributed by atoms with Crippen LogP contribution in [0.1, 0.15) is 78.7 Å². The number of aliphatic hydroxyl groups is 1. The van der Waals surface area contributed by atoms with Crippen LogP contribution in [-0.4, -0.2) is 17.1 Å². The van der Waals surface area contributed by atoms with Crippen molar-refractivity contribution in [2.75, 3.05) is 5.32 Å². The molecule has 31 heavy (non-hydrogen) atoms. The number of amides is 1. The van der Waals surface area contributed by atoms with E-state index in [2.05, 4.69) is 58.6 Å². The number of carbonyl (C=O) groups excluding carboxylic acids is 1. The number of hydrogen-bond donors (Lipinski definition) is 2. The van der Waals surface area contributed by atoms with Crippen LogP contribution in [0.3, 0.4) is 0 Å². The Hall–Kier alpha value is -1.87. The van der Waals surface area contributed by atoms with Gasteiger partial charge in [-0.3, -0.25) is 4.79 Å². The van der Waals surface area contributed by atoms with Gasteiger partial charge in [0.15, 0.2) is 0 Å². The maximum absolute atomic E-state index is 12.5. The molecule has 170 valence electrons. The molecule has 1 aromatic rings. The van der Waals surface area contributed by atoms with E-state index in [1.165, 1.54) is 11.1 Å². The summed E-state index contributed by atoms with van der Waals surface area (Å²) in [6.45, 7) is 15.5. The zero-order valence-corrected chi connectivity index (χ0v) is 20.1. The Kier molecular flexibility index (Phi) is 7.15. The second kappa shape index (κ2) is 9.32. The van der Waals surface area contributed by atoms with Gasteiger partial charge < -0.3 is 10.4 Å². The van der Waals surface area contributed by atoms with Crippen molar-refractivity contribution >= 4 is 11.6 Å². The molecule has 3 heteroatoms. The molecule has 0 heterocycles. The summed E-state index contributed by atoms with van der Waals surface area (Å²) in [6, 6.07) is 8.04. The molecule has 4 atom stereocenters. The summed E-state index contributed by atoms with van der Waals surface area (Å²) in [4.78, 5) is 12.5. The van der Waals surface area contributed by atoms with Crippen molar-refractivity contribution in [3.63, 3.8) is 0 Å². The van der Waals surface area contributed by atoms with E-state index in [-0.39, 0.29) is 22.8 Å². The Morgan fingerprint density at radius 3 is 2.55 bits per heavy atom. The Bertz CT molecular complexity index is 835. The number of fused-ring (bicyclic) bond motifs is 1. The fourth-order valence-corrected chi connectivity index (χ4v) is 6.37. The molecule has 0 spiro atoms. The molecule has 1 aromatic carbocycles. The number of benzene rings is 1. The monoisotopic (exact) mass is 423 g/mol. The van der Waals surface area contributed by atoms with Gasteiger partial charge in [0.2, 0.25) is 5.91 Å². The molecule has 0 unspecified atom stereocenters. The zero-order chi connectivity index (χ0) is 22.8. The van der Waals surface area contributed by atoms with Gasteiger partial charge in [0.05, 0.1) is 6.10 Å². The first-order valence-corrected chi connectivity index (χ1v) is 12.0. The highest BCUT2D eigenvalue weighted by Gasteiger charge is 2.55. The SMILES string of the molecule is C=C1CC[C@@H]2C(C)(C)[C@H](O)CC[C@@]2(C)[C@@H]1CC/C(C)=C/C(=O)Nc1ccc(CC)cc1. The summed E-state index contributed by atoms with van der Waals surface area (Å²) < 4.78 is 0. The minimum atomic E-state index is -0.214. The summed E-state index contributed by atoms with van der Waals surface area (Å²) in [5.74, 6) is 0.902. The summed E-state index contributed by atoms with van der Waals surface area (Å²) in [5, 5.41) is 13.6. The summed E-state index contributed by atoms with van der Waals surface area (Å²) in [6.07, 6.45) is 8.57. The lowest BCUT2D eigenvalue weighted by Gasteiger charge is -2.59. The zero-order valence-electron chi connectivity index (χ0n) is 20.1. The van der Waals surface area contributed by atoms with Crippen molar-refractivity contribution in [1.29, 1.82) is 0 Å².